The normalized spacial score (nSPS) is 13.9. The minimum Gasteiger partial charge on any atom is -0.860 e. The third kappa shape index (κ3) is 4.10. The van der Waals surface area contributed by atoms with Crippen molar-refractivity contribution in [2.24, 2.45) is 0 Å². The van der Waals surface area contributed by atoms with E-state index in [1.54, 1.807) is 12.1 Å². The molecule has 0 atom stereocenters. The second-order valence-electron chi connectivity index (χ2n) is 6.61. The summed E-state index contributed by atoms with van der Waals surface area (Å²) in [5.41, 5.74) is 0. The van der Waals surface area contributed by atoms with E-state index in [0.717, 1.165) is 58.6 Å². The van der Waals surface area contributed by atoms with Crippen molar-refractivity contribution in [3.05, 3.63) is 66.7 Å². The van der Waals surface area contributed by atoms with Gasteiger partial charge in [0.05, 0.1) is 13.2 Å². The van der Waals surface area contributed by atoms with Gasteiger partial charge in [-0.1, -0.05) is 48.5 Å². The Hall–Kier alpha value is -2.64. The zero-order valence-electron chi connectivity index (χ0n) is 15.4. The van der Waals surface area contributed by atoms with E-state index in [0.29, 0.717) is 5.75 Å². The molecule has 0 amide bonds. The summed E-state index contributed by atoms with van der Waals surface area (Å²) in [5, 5.41) is 31.0. The van der Waals surface area contributed by atoms with Gasteiger partial charge >= 0.3 is 0 Å². The minimum absolute atomic E-state index is 0.341. The van der Waals surface area contributed by atoms with Crippen LogP contribution >= 0.6 is 0 Å². The number of benzene rings is 4. The van der Waals surface area contributed by atoms with Gasteiger partial charge in [0.1, 0.15) is 13.1 Å². The number of hydrogen-bond acceptors (Lipinski definition) is 5. The van der Waals surface area contributed by atoms with Crippen LogP contribution in [0, 0.1) is 0 Å². The standard InChI is InChI=1S/C18H11BO3.C4H9NO/c20-19(21)22-17-7-3-6-12-8-9-15-10-13-4-1-2-5-14(13)11-16(15)18(12)17;1-3-6-4-2-5-1/h1-11H;5H,1-4H2/q-2;. The van der Waals surface area contributed by atoms with Gasteiger partial charge < -0.3 is 24.8 Å². The molecule has 28 heavy (non-hydrogen) atoms. The van der Waals surface area contributed by atoms with E-state index < -0.39 is 7.32 Å². The fourth-order valence-electron chi connectivity index (χ4n) is 3.48. The van der Waals surface area contributed by atoms with Crippen LogP contribution in [0.5, 0.6) is 5.75 Å². The Kier molecular flexibility index (Phi) is 5.74. The molecule has 6 heteroatoms. The summed E-state index contributed by atoms with van der Waals surface area (Å²) in [4.78, 5) is 0. The predicted octanol–water partition coefficient (Wildman–Crippen LogP) is 1.84. The lowest BCUT2D eigenvalue weighted by atomic mass is 9.97. The van der Waals surface area contributed by atoms with Gasteiger partial charge in [0, 0.05) is 18.5 Å². The smallest absolute Gasteiger partial charge is 0.133 e. The first kappa shape index (κ1) is 18.7. The quantitative estimate of drug-likeness (QED) is 0.330. The Bertz CT molecular complexity index is 1080. The largest absolute Gasteiger partial charge is 0.860 e. The predicted molar refractivity (Wildman–Crippen MR) is 109 cm³/mol. The molecule has 5 rings (SSSR count). The molecule has 1 saturated heterocycles. The third-order valence-electron chi connectivity index (χ3n) is 4.76. The van der Waals surface area contributed by atoms with Crippen LogP contribution in [0.25, 0.3) is 32.3 Å². The van der Waals surface area contributed by atoms with Gasteiger partial charge in [-0.2, -0.15) is 0 Å². The number of nitrogens with one attached hydrogen (secondary N) is 1. The van der Waals surface area contributed by atoms with Crippen LogP contribution in [0.2, 0.25) is 0 Å². The number of rotatable bonds is 2. The molecule has 0 unspecified atom stereocenters. The lowest BCUT2D eigenvalue weighted by Gasteiger charge is -2.27. The molecule has 0 aromatic heterocycles. The maximum Gasteiger partial charge on any atom is 0.133 e. The maximum absolute atomic E-state index is 10.9. The highest BCUT2D eigenvalue weighted by Crippen LogP contribution is 2.35. The molecule has 0 saturated carbocycles. The highest BCUT2D eigenvalue weighted by Gasteiger charge is 2.07. The van der Waals surface area contributed by atoms with Gasteiger partial charge in [-0.3, -0.25) is 0 Å². The van der Waals surface area contributed by atoms with Crippen LogP contribution in [-0.4, -0.2) is 33.6 Å². The van der Waals surface area contributed by atoms with Gasteiger partial charge in [0.2, 0.25) is 0 Å². The first-order chi connectivity index (χ1) is 13.7. The van der Waals surface area contributed by atoms with E-state index in [1.165, 1.54) is 0 Å². The fraction of sp³-hybridized carbons (Fsp3) is 0.182. The summed E-state index contributed by atoms with van der Waals surface area (Å²) < 4.78 is 9.94. The highest BCUT2D eigenvalue weighted by molar-refractivity contribution is 6.30. The van der Waals surface area contributed by atoms with Gasteiger partial charge in [0.25, 0.3) is 0 Å². The molecular formula is C22H20BNO4-2. The summed E-state index contributed by atoms with van der Waals surface area (Å²) in [7, 11) is -2.33. The number of hydrogen-bond donors (Lipinski definition) is 1. The molecule has 0 bridgehead atoms. The monoisotopic (exact) mass is 373 g/mol. The number of fused-ring (bicyclic) bond motifs is 4. The molecular weight excluding hydrogens is 353 g/mol. The SMILES string of the molecule is C1COCCN1.[O-]B([O-])Oc1cccc2ccc3cc4ccccc4cc3c12. The molecule has 1 heterocycles. The van der Waals surface area contributed by atoms with E-state index in [9.17, 15) is 10.0 Å². The van der Waals surface area contributed by atoms with Crippen molar-refractivity contribution in [1.29, 1.82) is 0 Å². The van der Waals surface area contributed by atoms with E-state index in [2.05, 4.69) is 23.5 Å². The Balaban J connectivity index is 0.000000275. The molecule has 4 aromatic rings. The minimum atomic E-state index is -2.33. The molecule has 4 aromatic carbocycles. The lowest BCUT2D eigenvalue weighted by Crippen LogP contribution is -2.50. The second kappa shape index (κ2) is 8.58. The summed E-state index contributed by atoms with van der Waals surface area (Å²) in [6.07, 6.45) is 0. The summed E-state index contributed by atoms with van der Waals surface area (Å²) in [5.74, 6) is 0.341. The van der Waals surface area contributed by atoms with Crippen molar-refractivity contribution in [3.63, 3.8) is 0 Å². The van der Waals surface area contributed by atoms with Crippen LogP contribution in [-0.2, 0) is 4.74 Å². The Morgan fingerprint density at radius 1 is 0.786 bits per heavy atom. The zero-order chi connectivity index (χ0) is 19.3. The molecule has 0 radical (unpaired) electrons. The maximum atomic E-state index is 10.9. The van der Waals surface area contributed by atoms with Crippen molar-refractivity contribution < 1.29 is 19.4 Å². The lowest BCUT2D eigenvalue weighted by molar-refractivity contribution is -0.372. The second-order valence-corrected chi connectivity index (χ2v) is 6.61. The number of ether oxygens (including phenoxy) is 1. The molecule has 5 nitrogen and oxygen atoms in total. The molecule has 1 N–H and O–H groups in total. The van der Waals surface area contributed by atoms with Crippen molar-refractivity contribution in [1.82, 2.24) is 5.32 Å². The highest BCUT2D eigenvalue weighted by atomic mass is 16.6. The summed E-state index contributed by atoms with van der Waals surface area (Å²) >= 11 is 0. The molecule has 0 spiro atoms. The Morgan fingerprint density at radius 2 is 1.46 bits per heavy atom. The van der Waals surface area contributed by atoms with Crippen LogP contribution in [0.1, 0.15) is 0 Å². The van der Waals surface area contributed by atoms with Gasteiger partial charge in [-0.05, 0) is 45.1 Å². The van der Waals surface area contributed by atoms with Crippen molar-refractivity contribution in [2.75, 3.05) is 26.3 Å². The zero-order valence-corrected chi connectivity index (χ0v) is 15.4. The topological polar surface area (TPSA) is 76.6 Å². The summed E-state index contributed by atoms with van der Waals surface area (Å²) in [6, 6.07) is 21.7. The first-order valence-corrected chi connectivity index (χ1v) is 9.33. The van der Waals surface area contributed by atoms with Gasteiger partial charge in [0.15, 0.2) is 0 Å². The molecule has 1 aliphatic heterocycles. The van der Waals surface area contributed by atoms with E-state index in [1.807, 2.05) is 36.4 Å². The first-order valence-electron chi connectivity index (χ1n) is 9.33. The Labute approximate surface area is 163 Å². The van der Waals surface area contributed by atoms with Crippen LogP contribution in [0.3, 0.4) is 0 Å². The summed E-state index contributed by atoms with van der Waals surface area (Å²) in [6.45, 7) is 3.83. The van der Waals surface area contributed by atoms with Crippen LogP contribution in [0.15, 0.2) is 66.7 Å². The molecule has 0 aliphatic carbocycles. The number of morpholine rings is 1. The van der Waals surface area contributed by atoms with E-state index >= 15 is 0 Å². The molecule has 1 fully saturated rings. The van der Waals surface area contributed by atoms with Crippen molar-refractivity contribution in [2.45, 2.75) is 0 Å². The van der Waals surface area contributed by atoms with Crippen molar-refractivity contribution >= 4 is 39.6 Å². The molecule has 1 aliphatic rings. The third-order valence-corrected chi connectivity index (χ3v) is 4.76. The van der Waals surface area contributed by atoms with Crippen molar-refractivity contribution in [3.8, 4) is 5.75 Å². The average molecular weight is 373 g/mol. The van der Waals surface area contributed by atoms with E-state index in [4.69, 9.17) is 9.39 Å². The Morgan fingerprint density at radius 3 is 2.11 bits per heavy atom. The average Bonchev–Trinajstić information content (AvgIpc) is 2.73. The van der Waals surface area contributed by atoms with Crippen LogP contribution in [0.4, 0.5) is 0 Å². The fourth-order valence-corrected chi connectivity index (χ4v) is 3.48. The van der Waals surface area contributed by atoms with Gasteiger partial charge in [-0.25, -0.2) is 0 Å². The molecule has 142 valence electrons. The van der Waals surface area contributed by atoms with E-state index in [-0.39, 0.29) is 0 Å². The van der Waals surface area contributed by atoms with Crippen LogP contribution < -0.4 is 20.0 Å². The van der Waals surface area contributed by atoms with Gasteiger partial charge in [-0.15, -0.1) is 0 Å².